The highest BCUT2D eigenvalue weighted by Crippen LogP contribution is 2.17. The molecule has 3 rings (SSSR count). The van der Waals surface area contributed by atoms with Crippen LogP contribution in [0.3, 0.4) is 0 Å². The molecule has 1 aliphatic rings. The lowest BCUT2D eigenvalue weighted by molar-refractivity contribution is 0.250. The third-order valence-corrected chi connectivity index (χ3v) is 4.10. The van der Waals surface area contributed by atoms with Gasteiger partial charge in [0.1, 0.15) is 0 Å². The van der Waals surface area contributed by atoms with Crippen LogP contribution >= 0.6 is 0 Å². The van der Waals surface area contributed by atoms with Crippen molar-refractivity contribution in [1.29, 1.82) is 0 Å². The molecule has 4 heteroatoms. The van der Waals surface area contributed by atoms with Crippen molar-refractivity contribution in [2.24, 2.45) is 10.9 Å². The first kappa shape index (κ1) is 14.6. The summed E-state index contributed by atoms with van der Waals surface area (Å²) in [5.41, 5.74) is 3.70. The normalized spacial score (nSPS) is 16.3. The molecule has 0 radical (unpaired) electrons. The zero-order chi connectivity index (χ0) is 15.2. The van der Waals surface area contributed by atoms with Gasteiger partial charge in [-0.1, -0.05) is 42.5 Å². The Balaban J connectivity index is 1.55. The van der Waals surface area contributed by atoms with Crippen LogP contribution in [0.5, 0.6) is 0 Å². The van der Waals surface area contributed by atoms with Crippen LogP contribution in [-0.4, -0.2) is 37.3 Å². The maximum absolute atomic E-state index is 5.17. The molecular weight excluding hydrogens is 272 g/mol. The van der Waals surface area contributed by atoms with Crippen molar-refractivity contribution in [2.75, 3.05) is 31.1 Å². The molecule has 1 heterocycles. The van der Waals surface area contributed by atoms with Gasteiger partial charge in [-0.3, -0.25) is 4.90 Å². The minimum Gasteiger partial charge on any atom is -0.369 e. The van der Waals surface area contributed by atoms with E-state index in [1.54, 1.807) is 6.21 Å². The average molecular weight is 294 g/mol. The lowest BCUT2D eigenvalue weighted by Gasteiger charge is -2.36. The lowest BCUT2D eigenvalue weighted by Crippen LogP contribution is -2.45. The summed E-state index contributed by atoms with van der Waals surface area (Å²) < 4.78 is 0. The lowest BCUT2D eigenvalue weighted by atomic mass is 10.1. The molecule has 1 saturated heterocycles. The monoisotopic (exact) mass is 294 g/mol. The summed E-state index contributed by atoms with van der Waals surface area (Å²) in [6.07, 6.45) is 1.67. The van der Waals surface area contributed by atoms with Gasteiger partial charge in [-0.05, 0) is 23.3 Å². The van der Waals surface area contributed by atoms with Crippen LogP contribution in [0.1, 0.15) is 11.1 Å². The standard InChI is InChI=1S/C18H22N4/c19-20-14-16-6-8-18(9-7-16)22-12-10-21(11-13-22)15-17-4-2-1-3-5-17/h1-9,14H,10-13,15,19H2. The fourth-order valence-corrected chi connectivity index (χ4v) is 2.86. The number of hydrogen-bond donors (Lipinski definition) is 1. The van der Waals surface area contributed by atoms with Gasteiger partial charge in [0.25, 0.3) is 0 Å². The third-order valence-electron chi connectivity index (χ3n) is 4.10. The number of piperazine rings is 1. The van der Waals surface area contributed by atoms with E-state index in [1.165, 1.54) is 11.3 Å². The quantitative estimate of drug-likeness (QED) is 0.534. The summed E-state index contributed by atoms with van der Waals surface area (Å²) >= 11 is 0. The summed E-state index contributed by atoms with van der Waals surface area (Å²) in [5, 5.41) is 3.55. The van der Waals surface area contributed by atoms with Crippen molar-refractivity contribution in [3.63, 3.8) is 0 Å². The zero-order valence-corrected chi connectivity index (χ0v) is 12.7. The molecule has 114 valence electrons. The molecule has 1 fully saturated rings. The summed E-state index contributed by atoms with van der Waals surface area (Å²) in [6, 6.07) is 19.1. The van der Waals surface area contributed by atoms with E-state index in [0.717, 1.165) is 38.3 Å². The Morgan fingerprint density at radius 1 is 0.909 bits per heavy atom. The number of benzene rings is 2. The summed E-state index contributed by atoms with van der Waals surface area (Å²) in [4.78, 5) is 4.95. The molecule has 0 saturated carbocycles. The van der Waals surface area contributed by atoms with Gasteiger partial charge in [-0.15, -0.1) is 0 Å². The van der Waals surface area contributed by atoms with E-state index < -0.39 is 0 Å². The number of nitrogens with two attached hydrogens (primary N) is 1. The highest BCUT2D eigenvalue weighted by atomic mass is 15.3. The van der Waals surface area contributed by atoms with Gasteiger partial charge in [0, 0.05) is 38.4 Å². The Bertz CT molecular complexity index is 599. The Labute approximate surface area is 131 Å². The van der Waals surface area contributed by atoms with Gasteiger partial charge in [0.05, 0.1) is 6.21 Å². The van der Waals surface area contributed by atoms with E-state index >= 15 is 0 Å². The molecule has 1 aliphatic heterocycles. The van der Waals surface area contributed by atoms with Gasteiger partial charge < -0.3 is 10.7 Å². The maximum atomic E-state index is 5.17. The van der Waals surface area contributed by atoms with E-state index in [1.807, 2.05) is 0 Å². The van der Waals surface area contributed by atoms with E-state index in [-0.39, 0.29) is 0 Å². The molecule has 0 bridgehead atoms. The molecule has 0 unspecified atom stereocenters. The van der Waals surface area contributed by atoms with Gasteiger partial charge in [-0.25, -0.2) is 0 Å². The highest BCUT2D eigenvalue weighted by Gasteiger charge is 2.17. The number of hydrogen-bond acceptors (Lipinski definition) is 4. The Hall–Kier alpha value is -2.33. The van der Waals surface area contributed by atoms with E-state index in [4.69, 9.17) is 5.84 Å². The van der Waals surface area contributed by atoms with Crippen LogP contribution in [0.25, 0.3) is 0 Å². The van der Waals surface area contributed by atoms with Gasteiger partial charge in [0.2, 0.25) is 0 Å². The van der Waals surface area contributed by atoms with Crippen LogP contribution in [0.15, 0.2) is 59.7 Å². The Kier molecular flexibility index (Phi) is 4.71. The number of rotatable bonds is 4. The summed E-state index contributed by atoms with van der Waals surface area (Å²) in [7, 11) is 0. The van der Waals surface area contributed by atoms with Gasteiger partial charge >= 0.3 is 0 Å². The van der Waals surface area contributed by atoms with Crippen molar-refractivity contribution in [3.05, 3.63) is 65.7 Å². The first-order valence-corrected chi connectivity index (χ1v) is 7.70. The number of anilines is 1. The van der Waals surface area contributed by atoms with Crippen LogP contribution in [0.2, 0.25) is 0 Å². The minimum absolute atomic E-state index is 1.04. The molecule has 4 nitrogen and oxygen atoms in total. The van der Waals surface area contributed by atoms with Crippen molar-refractivity contribution in [3.8, 4) is 0 Å². The van der Waals surface area contributed by atoms with Gasteiger partial charge in [-0.2, -0.15) is 5.10 Å². The van der Waals surface area contributed by atoms with Crippen LogP contribution < -0.4 is 10.7 Å². The highest BCUT2D eigenvalue weighted by molar-refractivity contribution is 5.80. The molecule has 2 N–H and O–H groups in total. The van der Waals surface area contributed by atoms with Crippen molar-refractivity contribution >= 4 is 11.9 Å². The molecule has 0 amide bonds. The zero-order valence-electron chi connectivity index (χ0n) is 12.7. The predicted octanol–water partition coefficient (Wildman–Crippen LogP) is 2.30. The number of hydrazone groups is 1. The largest absolute Gasteiger partial charge is 0.369 e. The topological polar surface area (TPSA) is 44.9 Å². The first-order valence-electron chi connectivity index (χ1n) is 7.70. The van der Waals surface area contributed by atoms with Gasteiger partial charge in [0.15, 0.2) is 0 Å². The third kappa shape index (κ3) is 3.65. The Morgan fingerprint density at radius 2 is 1.59 bits per heavy atom. The number of nitrogens with zero attached hydrogens (tertiary/aromatic N) is 3. The minimum atomic E-state index is 1.04. The smallest absolute Gasteiger partial charge is 0.0538 e. The fraction of sp³-hybridized carbons (Fsp3) is 0.278. The second kappa shape index (κ2) is 7.09. The van der Waals surface area contributed by atoms with Crippen molar-refractivity contribution < 1.29 is 0 Å². The van der Waals surface area contributed by atoms with Crippen LogP contribution in [0.4, 0.5) is 5.69 Å². The molecule has 22 heavy (non-hydrogen) atoms. The van der Waals surface area contributed by atoms with E-state index in [0.29, 0.717) is 0 Å². The van der Waals surface area contributed by atoms with Crippen LogP contribution in [0, 0.1) is 0 Å². The van der Waals surface area contributed by atoms with Crippen molar-refractivity contribution in [2.45, 2.75) is 6.54 Å². The molecule has 2 aromatic rings. The second-order valence-corrected chi connectivity index (χ2v) is 5.62. The second-order valence-electron chi connectivity index (χ2n) is 5.62. The van der Waals surface area contributed by atoms with Crippen molar-refractivity contribution in [1.82, 2.24) is 4.90 Å². The SMILES string of the molecule is NN=Cc1ccc(N2CCN(Cc3ccccc3)CC2)cc1. The first-order chi connectivity index (χ1) is 10.8. The molecule has 0 aliphatic carbocycles. The molecule has 0 spiro atoms. The Morgan fingerprint density at radius 3 is 2.23 bits per heavy atom. The predicted molar refractivity (Wildman–Crippen MR) is 92.2 cm³/mol. The molecule has 0 aromatic heterocycles. The van der Waals surface area contributed by atoms with E-state index in [9.17, 15) is 0 Å². The van der Waals surface area contributed by atoms with Crippen LogP contribution in [-0.2, 0) is 6.54 Å². The summed E-state index contributed by atoms with van der Waals surface area (Å²) in [5.74, 6) is 5.17. The molecule has 0 atom stereocenters. The molecule has 2 aromatic carbocycles. The molecular formula is C18H22N4. The fourth-order valence-electron chi connectivity index (χ4n) is 2.86. The summed E-state index contributed by atoms with van der Waals surface area (Å²) in [6.45, 7) is 5.37. The van der Waals surface area contributed by atoms with E-state index in [2.05, 4.69) is 69.5 Å². The maximum Gasteiger partial charge on any atom is 0.0538 e. The average Bonchev–Trinajstić information content (AvgIpc) is 2.58.